The first-order valence-corrected chi connectivity index (χ1v) is 4.62. The van der Waals surface area contributed by atoms with Crippen LogP contribution < -0.4 is 5.32 Å². The summed E-state index contributed by atoms with van der Waals surface area (Å²) in [4.78, 5) is 11.3. The van der Waals surface area contributed by atoms with Crippen molar-refractivity contribution in [2.24, 2.45) is 7.05 Å². The number of anilines is 1. The van der Waals surface area contributed by atoms with E-state index in [1.165, 1.54) is 0 Å². The summed E-state index contributed by atoms with van der Waals surface area (Å²) in [6.07, 6.45) is 4.07. The number of hydrogen-bond donors (Lipinski definition) is 2. The molecule has 0 spiro atoms. The molecular formula is C8H13N3OS. The Labute approximate surface area is 82.7 Å². The van der Waals surface area contributed by atoms with Gasteiger partial charge in [0.1, 0.15) is 0 Å². The van der Waals surface area contributed by atoms with E-state index in [1.54, 1.807) is 24.1 Å². The van der Waals surface area contributed by atoms with Gasteiger partial charge in [-0.15, -0.1) is 0 Å². The van der Waals surface area contributed by atoms with E-state index < -0.39 is 0 Å². The van der Waals surface area contributed by atoms with E-state index in [4.69, 9.17) is 0 Å². The van der Waals surface area contributed by atoms with Gasteiger partial charge in [-0.25, -0.2) is 0 Å². The van der Waals surface area contributed by atoms with Gasteiger partial charge in [-0.3, -0.25) is 9.48 Å². The summed E-state index contributed by atoms with van der Waals surface area (Å²) in [5.74, 6) is -0.0844. The van der Waals surface area contributed by atoms with E-state index in [9.17, 15) is 4.79 Å². The van der Waals surface area contributed by atoms with Crippen molar-refractivity contribution in [1.82, 2.24) is 9.78 Å². The number of nitrogens with one attached hydrogen (secondary N) is 1. The molecular weight excluding hydrogens is 186 g/mol. The molecule has 72 valence electrons. The number of carbonyl (C=O) groups excluding carboxylic acids is 1. The second kappa shape index (κ2) is 4.32. The molecule has 1 atom stereocenters. The van der Waals surface area contributed by atoms with Crippen LogP contribution in [0.4, 0.5) is 5.69 Å². The Morgan fingerprint density at radius 3 is 3.00 bits per heavy atom. The number of nitrogens with zero attached hydrogens (tertiary/aromatic N) is 2. The van der Waals surface area contributed by atoms with Crippen molar-refractivity contribution < 1.29 is 4.79 Å². The maximum atomic E-state index is 11.3. The number of hydrogen-bond acceptors (Lipinski definition) is 3. The molecule has 0 bridgehead atoms. The second-order valence-electron chi connectivity index (χ2n) is 2.82. The zero-order valence-corrected chi connectivity index (χ0v) is 8.58. The number of carbonyl (C=O) groups is 1. The van der Waals surface area contributed by atoms with E-state index in [2.05, 4.69) is 23.0 Å². The number of amides is 1. The lowest BCUT2D eigenvalue weighted by atomic mass is 10.3. The third-order valence-corrected chi connectivity index (χ3v) is 2.26. The minimum atomic E-state index is -0.250. The topological polar surface area (TPSA) is 46.9 Å². The molecule has 5 heteroatoms. The Bertz CT molecular complexity index is 297. The van der Waals surface area contributed by atoms with Crippen LogP contribution in [0, 0.1) is 0 Å². The molecule has 0 aliphatic heterocycles. The standard InChI is InChI=1S/C8H13N3OS/c1-3-7(13)8(12)10-6-4-9-11(2)5-6/h4-5,7,13H,3H2,1-2H3,(H,10,12). The van der Waals surface area contributed by atoms with Crippen molar-refractivity contribution in [2.45, 2.75) is 18.6 Å². The number of thiol groups is 1. The van der Waals surface area contributed by atoms with E-state index in [0.717, 1.165) is 6.42 Å². The van der Waals surface area contributed by atoms with Crippen molar-refractivity contribution in [1.29, 1.82) is 0 Å². The van der Waals surface area contributed by atoms with Crippen LogP contribution in [0.2, 0.25) is 0 Å². The molecule has 13 heavy (non-hydrogen) atoms. The SMILES string of the molecule is CCC(S)C(=O)Nc1cnn(C)c1. The molecule has 1 N–H and O–H groups in total. The summed E-state index contributed by atoms with van der Waals surface area (Å²) in [6.45, 7) is 1.92. The van der Waals surface area contributed by atoms with Crippen LogP contribution in [0.15, 0.2) is 12.4 Å². The lowest BCUT2D eigenvalue weighted by Crippen LogP contribution is -2.22. The van der Waals surface area contributed by atoms with Gasteiger partial charge in [0.05, 0.1) is 17.1 Å². The van der Waals surface area contributed by atoms with Gasteiger partial charge < -0.3 is 5.32 Å². The van der Waals surface area contributed by atoms with Crippen LogP contribution in [-0.4, -0.2) is 20.9 Å². The minimum Gasteiger partial charge on any atom is -0.322 e. The molecule has 1 unspecified atom stereocenters. The van der Waals surface area contributed by atoms with Gasteiger partial charge in [0.25, 0.3) is 0 Å². The van der Waals surface area contributed by atoms with Crippen molar-refractivity contribution in [3.63, 3.8) is 0 Å². The molecule has 0 fully saturated rings. The molecule has 1 rings (SSSR count). The van der Waals surface area contributed by atoms with Gasteiger partial charge in [0.2, 0.25) is 5.91 Å². The maximum Gasteiger partial charge on any atom is 0.237 e. The zero-order chi connectivity index (χ0) is 9.84. The van der Waals surface area contributed by atoms with Gasteiger partial charge in [0, 0.05) is 13.2 Å². The average Bonchev–Trinajstić information content (AvgIpc) is 2.49. The van der Waals surface area contributed by atoms with Crippen molar-refractivity contribution in [3.05, 3.63) is 12.4 Å². The van der Waals surface area contributed by atoms with E-state index in [0.29, 0.717) is 5.69 Å². The fourth-order valence-corrected chi connectivity index (χ4v) is 0.961. The summed E-state index contributed by atoms with van der Waals surface area (Å²) >= 11 is 4.12. The molecule has 0 saturated carbocycles. The molecule has 1 amide bonds. The molecule has 1 heterocycles. The van der Waals surface area contributed by atoms with Crippen LogP contribution >= 0.6 is 12.6 Å². The molecule has 0 aliphatic rings. The van der Waals surface area contributed by atoms with Gasteiger partial charge in [0.15, 0.2) is 0 Å². The van der Waals surface area contributed by atoms with Crippen molar-refractivity contribution >= 4 is 24.2 Å². The second-order valence-corrected chi connectivity index (χ2v) is 3.44. The Morgan fingerprint density at radius 1 is 1.85 bits per heavy atom. The van der Waals surface area contributed by atoms with E-state index in [1.807, 2.05) is 6.92 Å². The van der Waals surface area contributed by atoms with Crippen LogP contribution in [0.5, 0.6) is 0 Å². The largest absolute Gasteiger partial charge is 0.322 e. The first-order valence-electron chi connectivity index (χ1n) is 4.11. The Morgan fingerprint density at radius 2 is 2.54 bits per heavy atom. The summed E-state index contributed by atoms with van der Waals surface area (Å²) in [5, 5.41) is 6.40. The third-order valence-electron chi connectivity index (χ3n) is 1.66. The van der Waals surface area contributed by atoms with Crippen LogP contribution in [0.25, 0.3) is 0 Å². The molecule has 4 nitrogen and oxygen atoms in total. The molecule has 0 aliphatic carbocycles. The highest BCUT2D eigenvalue weighted by Crippen LogP contribution is 2.07. The lowest BCUT2D eigenvalue weighted by molar-refractivity contribution is -0.115. The number of aryl methyl sites for hydroxylation is 1. The average molecular weight is 199 g/mol. The normalized spacial score (nSPS) is 12.5. The first kappa shape index (κ1) is 10.1. The molecule has 1 aromatic heterocycles. The summed E-state index contributed by atoms with van der Waals surface area (Å²) in [7, 11) is 1.80. The van der Waals surface area contributed by atoms with Gasteiger partial charge in [-0.05, 0) is 6.42 Å². The van der Waals surface area contributed by atoms with Crippen molar-refractivity contribution in [2.75, 3.05) is 5.32 Å². The monoisotopic (exact) mass is 199 g/mol. The quantitative estimate of drug-likeness (QED) is 0.715. The van der Waals surface area contributed by atoms with E-state index in [-0.39, 0.29) is 11.2 Å². The number of aromatic nitrogens is 2. The summed E-state index contributed by atoms with van der Waals surface area (Å²) in [6, 6.07) is 0. The fourth-order valence-electron chi connectivity index (χ4n) is 0.897. The minimum absolute atomic E-state index is 0.0844. The highest BCUT2D eigenvalue weighted by Gasteiger charge is 2.11. The number of rotatable bonds is 3. The predicted molar refractivity (Wildman–Crippen MR) is 54.9 cm³/mol. The highest BCUT2D eigenvalue weighted by molar-refractivity contribution is 7.81. The Kier molecular flexibility index (Phi) is 3.36. The molecule has 0 saturated heterocycles. The van der Waals surface area contributed by atoms with Crippen LogP contribution in [0.1, 0.15) is 13.3 Å². The highest BCUT2D eigenvalue weighted by atomic mass is 32.1. The first-order chi connectivity index (χ1) is 6.13. The summed E-state index contributed by atoms with van der Waals surface area (Å²) < 4.78 is 1.63. The summed E-state index contributed by atoms with van der Waals surface area (Å²) in [5.41, 5.74) is 0.708. The van der Waals surface area contributed by atoms with Gasteiger partial charge >= 0.3 is 0 Å². The van der Waals surface area contributed by atoms with E-state index >= 15 is 0 Å². The van der Waals surface area contributed by atoms with Crippen molar-refractivity contribution in [3.8, 4) is 0 Å². The smallest absolute Gasteiger partial charge is 0.237 e. The molecule has 0 radical (unpaired) electrons. The fraction of sp³-hybridized carbons (Fsp3) is 0.500. The predicted octanol–water partition coefficient (Wildman–Crippen LogP) is 1.07. The Balaban J connectivity index is 2.54. The zero-order valence-electron chi connectivity index (χ0n) is 7.69. The van der Waals surface area contributed by atoms with Gasteiger partial charge in [-0.2, -0.15) is 17.7 Å². The maximum absolute atomic E-state index is 11.3. The lowest BCUT2D eigenvalue weighted by Gasteiger charge is -2.06. The van der Waals surface area contributed by atoms with Crippen LogP contribution in [-0.2, 0) is 11.8 Å². The van der Waals surface area contributed by atoms with Gasteiger partial charge in [-0.1, -0.05) is 6.92 Å². The Hall–Kier alpha value is -0.970. The molecule has 0 aromatic carbocycles. The third kappa shape index (κ3) is 2.77. The molecule has 1 aromatic rings. The van der Waals surface area contributed by atoms with Crippen LogP contribution in [0.3, 0.4) is 0 Å².